The quantitative estimate of drug-likeness (QED) is 0.156. The highest BCUT2D eigenvalue weighted by atomic mass is 19.4. The molecule has 0 fully saturated rings. The second-order valence-corrected chi connectivity index (χ2v) is 22.7. The van der Waals surface area contributed by atoms with Crippen molar-refractivity contribution in [1.29, 1.82) is 0 Å². The summed E-state index contributed by atoms with van der Waals surface area (Å²) in [5, 5.41) is 4.46. The number of benzene rings is 7. The highest BCUT2D eigenvalue weighted by Crippen LogP contribution is 2.48. The third kappa shape index (κ3) is 8.01. The average molecular weight is 892 g/mol. The molecule has 3 nitrogen and oxygen atoms in total. The minimum Gasteiger partial charge on any atom is -0.310 e. The van der Waals surface area contributed by atoms with Crippen molar-refractivity contribution < 1.29 is 13.2 Å². The Kier molecular flexibility index (Phi) is 10.5. The first kappa shape index (κ1) is 45.6. The van der Waals surface area contributed by atoms with Crippen LogP contribution >= 0.6 is 0 Å². The highest BCUT2D eigenvalue weighted by molar-refractivity contribution is 6.13. The zero-order valence-electron chi connectivity index (χ0n) is 41.1. The molecule has 67 heavy (non-hydrogen) atoms. The van der Waals surface area contributed by atoms with Crippen LogP contribution in [-0.2, 0) is 27.8 Å². The Morgan fingerprint density at radius 2 is 0.836 bits per heavy atom. The fourth-order valence-corrected chi connectivity index (χ4v) is 9.74. The van der Waals surface area contributed by atoms with Crippen LogP contribution in [0.15, 0.2) is 127 Å². The van der Waals surface area contributed by atoms with E-state index in [0.717, 1.165) is 60.5 Å². The van der Waals surface area contributed by atoms with Gasteiger partial charge in [-0.2, -0.15) is 13.2 Å². The van der Waals surface area contributed by atoms with Crippen molar-refractivity contribution in [3.8, 4) is 33.6 Å². The summed E-state index contributed by atoms with van der Waals surface area (Å²) in [5.74, 6) is 0. The summed E-state index contributed by atoms with van der Waals surface area (Å²) in [6.45, 7) is 37.2. The fraction of sp³-hybridized carbons (Fsp3) is 0.295. The minimum absolute atomic E-state index is 0.0971. The number of alkyl halides is 3. The van der Waals surface area contributed by atoms with Crippen LogP contribution in [-0.4, -0.2) is 9.13 Å². The highest BCUT2D eigenvalue weighted by Gasteiger charge is 2.32. The molecule has 0 aliphatic heterocycles. The van der Waals surface area contributed by atoms with E-state index in [0.29, 0.717) is 27.9 Å². The molecule has 0 radical (unpaired) electrons. The first-order valence-corrected chi connectivity index (χ1v) is 23.3. The van der Waals surface area contributed by atoms with Crippen molar-refractivity contribution in [3.63, 3.8) is 0 Å². The Labute approximate surface area is 393 Å². The molecule has 0 N–H and O–H groups in total. The first-order valence-electron chi connectivity index (χ1n) is 23.3. The molecule has 2 heterocycles. The van der Waals surface area contributed by atoms with Crippen molar-refractivity contribution in [2.75, 3.05) is 0 Å². The summed E-state index contributed by atoms with van der Waals surface area (Å²) in [5.41, 5.74) is 12.9. The van der Waals surface area contributed by atoms with E-state index in [9.17, 15) is 13.2 Å². The fourth-order valence-electron chi connectivity index (χ4n) is 9.74. The molecule has 0 bridgehead atoms. The van der Waals surface area contributed by atoms with E-state index >= 15 is 0 Å². The van der Waals surface area contributed by atoms with Gasteiger partial charge in [0.1, 0.15) is 0 Å². The van der Waals surface area contributed by atoms with Gasteiger partial charge in [-0.25, -0.2) is 4.85 Å². The van der Waals surface area contributed by atoms with E-state index < -0.39 is 11.7 Å². The molecule has 0 aliphatic carbocycles. The molecule has 9 rings (SSSR count). The summed E-state index contributed by atoms with van der Waals surface area (Å²) in [6, 6.07) is 43.0. The second kappa shape index (κ2) is 15.5. The summed E-state index contributed by atoms with van der Waals surface area (Å²) < 4.78 is 48.0. The summed E-state index contributed by atoms with van der Waals surface area (Å²) >= 11 is 0. The maximum absolute atomic E-state index is 14.5. The van der Waals surface area contributed by atoms with Gasteiger partial charge in [-0.15, -0.1) is 0 Å². The molecular formula is C61H60F3N3. The molecule has 9 aromatic rings. The van der Waals surface area contributed by atoms with Crippen LogP contribution in [0.5, 0.6) is 0 Å². The van der Waals surface area contributed by atoms with Crippen LogP contribution in [0.2, 0.25) is 0 Å². The predicted molar refractivity (Wildman–Crippen MR) is 277 cm³/mol. The van der Waals surface area contributed by atoms with Crippen LogP contribution in [0.1, 0.15) is 116 Å². The number of hydrogen-bond acceptors (Lipinski definition) is 0. The molecule has 0 aliphatic rings. The molecule has 0 unspecified atom stereocenters. The van der Waals surface area contributed by atoms with Crippen molar-refractivity contribution in [2.24, 2.45) is 0 Å². The van der Waals surface area contributed by atoms with E-state index in [1.165, 1.54) is 34.4 Å². The van der Waals surface area contributed by atoms with Crippen LogP contribution in [0.3, 0.4) is 0 Å². The predicted octanol–water partition coefficient (Wildman–Crippen LogP) is 18.3. The molecule has 0 saturated heterocycles. The summed E-state index contributed by atoms with van der Waals surface area (Å²) in [6.07, 6.45) is -4.52. The van der Waals surface area contributed by atoms with Gasteiger partial charge in [0, 0.05) is 32.8 Å². The molecule has 0 atom stereocenters. The van der Waals surface area contributed by atoms with Gasteiger partial charge < -0.3 is 9.13 Å². The normalized spacial score (nSPS) is 13.1. The Hall–Kier alpha value is -6.58. The molecule has 7 aromatic carbocycles. The minimum atomic E-state index is -4.52. The lowest BCUT2D eigenvalue weighted by atomic mass is 9.85. The van der Waals surface area contributed by atoms with Crippen LogP contribution in [0, 0.1) is 13.5 Å². The zero-order valence-corrected chi connectivity index (χ0v) is 41.1. The maximum Gasteiger partial charge on any atom is 0.416 e. The summed E-state index contributed by atoms with van der Waals surface area (Å²) in [4.78, 5) is 4.24. The largest absolute Gasteiger partial charge is 0.416 e. The van der Waals surface area contributed by atoms with Gasteiger partial charge >= 0.3 is 6.18 Å². The number of aryl methyl sites for hydroxylation is 1. The Morgan fingerprint density at radius 1 is 0.418 bits per heavy atom. The first-order chi connectivity index (χ1) is 31.2. The van der Waals surface area contributed by atoms with Crippen molar-refractivity contribution in [1.82, 2.24) is 9.13 Å². The van der Waals surface area contributed by atoms with Crippen molar-refractivity contribution in [2.45, 2.75) is 118 Å². The molecule has 6 heteroatoms. The smallest absolute Gasteiger partial charge is 0.310 e. The third-order valence-corrected chi connectivity index (χ3v) is 13.6. The molecule has 2 aromatic heterocycles. The van der Waals surface area contributed by atoms with Gasteiger partial charge in [-0.1, -0.05) is 132 Å². The number of fused-ring (bicyclic) bond motifs is 6. The topological polar surface area (TPSA) is 14.2 Å². The van der Waals surface area contributed by atoms with E-state index in [2.05, 4.69) is 176 Å². The second-order valence-electron chi connectivity index (χ2n) is 22.7. The number of rotatable bonds is 4. The lowest BCUT2D eigenvalue weighted by Crippen LogP contribution is -2.10. The Morgan fingerprint density at radius 3 is 1.22 bits per heavy atom. The SMILES string of the molecule is [C-]#[N+]c1cccc(-n2c3ccc(C(C)(C)C)cc3c3cc(C(C)(C)C)ccc32)c1-c1cc(-c2cc(C)cc(C(F)(F)F)c2)ccc1-n1c2ccc(C(C)(C)C)cc2c2cc(C(C)(C)C)ccc21. The maximum atomic E-state index is 14.5. The molecule has 0 spiro atoms. The van der Waals surface area contributed by atoms with Crippen molar-refractivity contribution in [3.05, 3.63) is 172 Å². The van der Waals surface area contributed by atoms with Gasteiger partial charge in [0.15, 0.2) is 5.69 Å². The lowest BCUT2D eigenvalue weighted by Gasteiger charge is -2.22. The van der Waals surface area contributed by atoms with Gasteiger partial charge in [-0.3, -0.25) is 0 Å². The molecule has 340 valence electrons. The van der Waals surface area contributed by atoms with Gasteiger partial charge in [0.05, 0.1) is 39.9 Å². The molecule has 0 saturated carbocycles. The van der Waals surface area contributed by atoms with E-state index in [4.69, 9.17) is 6.57 Å². The lowest BCUT2D eigenvalue weighted by molar-refractivity contribution is -0.137. The van der Waals surface area contributed by atoms with Gasteiger partial charge in [0.25, 0.3) is 0 Å². The van der Waals surface area contributed by atoms with Gasteiger partial charge in [0.2, 0.25) is 0 Å². The number of aromatic nitrogens is 2. The van der Waals surface area contributed by atoms with E-state index in [-0.39, 0.29) is 21.7 Å². The Balaban J connectivity index is 1.44. The standard InChI is InChI=1S/C61H60F3N3/c1-36-28-38(30-43(29-36)61(62,63)64)37-18-23-54(66-50-24-19-39(57(2,3)4)32-44(50)45-33-40(58(5,6)7)20-25-51(45)66)48(31-37)56-49(65-14)16-15-17-55(56)67-52-26-21-41(59(8,9)10)34-46(52)47-35-42(60(11,12)13)22-27-53(47)67/h15-35H,1-13H3. The van der Waals surface area contributed by atoms with Crippen LogP contribution in [0.4, 0.5) is 18.9 Å². The van der Waals surface area contributed by atoms with E-state index in [1.54, 1.807) is 6.92 Å². The Bertz CT molecular complexity index is 3360. The summed E-state index contributed by atoms with van der Waals surface area (Å²) in [7, 11) is 0. The van der Waals surface area contributed by atoms with Crippen LogP contribution < -0.4 is 0 Å². The van der Waals surface area contributed by atoms with Crippen LogP contribution in [0.25, 0.3) is 82.1 Å². The number of hydrogen-bond donors (Lipinski definition) is 0. The van der Waals surface area contributed by atoms with Gasteiger partial charge in [-0.05, 0) is 152 Å². The zero-order chi connectivity index (χ0) is 48.3. The number of halogens is 3. The molecule has 0 amide bonds. The van der Waals surface area contributed by atoms with E-state index in [1.807, 2.05) is 36.4 Å². The number of nitrogens with zero attached hydrogens (tertiary/aromatic N) is 3. The third-order valence-electron chi connectivity index (χ3n) is 13.6. The monoisotopic (exact) mass is 891 g/mol. The average Bonchev–Trinajstić information content (AvgIpc) is 3.75. The molecular weight excluding hydrogens is 832 g/mol. The van der Waals surface area contributed by atoms with Crippen molar-refractivity contribution >= 4 is 49.3 Å².